The second kappa shape index (κ2) is 8.89. The number of nitrogens with one attached hydrogen (secondary N) is 1. The summed E-state index contributed by atoms with van der Waals surface area (Å²) in [5.41, 5.74) is 1.66. The predicted molar refractivity (Wildman–Crippen MR) is 108 cm³/mol. The number of carbonyl (C=O) groups excluding carboxylic acids is 1. The molecule has 6 heteroatoms. The Kier molecular flexibility index (Phi) is 6.55. The standard InChI is InChI=1S/C21H28ClN3O2/c1-14-11-15(2)13-25(12-14)10-6-9-23-21(26)19-16(3)27-24-20(19)17-7-4-5-8-18(17)22/h4-5,7-8,14-15H,6,9-13H2,1-3H3,(H,23,26). The third-order valence-electron chi connectivity index (χ3n) is 5.10. The van der Waals surface area contributed by atoms with E-state index >= 15 is 0 Å². The van der Waals surface area contributed by atoms with E-state index in [4.69, 9.17) is 16.1 Å². The molecule has 1 aromatic heterocycles. The van der Waals surface area contributed by atoms with Gasteiger partial charge in [-0.15, -0.1) is 0 Å². The van der Waals surface area contributed by atoms with Gasteiger partial charge in [-0.2, -0.15) is 0 Å². The number of aryl methyl sites for hydroxylation is 1. The number of halogens is 1. The first-order valence-corrected chi connectivity index (χ1v) is 10.0. The van der Waals surface area contributed by atoms with Crippen LogP contribution in [0.15, 0.2) is 28.8 Å². The highest BCUT2D eigenvalue weighted by Crippen LogP contribution is 2.30. The molecule has 2 atom stereocenters. The third kappa shape index (κ3) is 4.90. The number of rotatable bonds is 6. The molecule has 27 heavy (non-hydrogen) atoms. The van der Waals surface area contributed by atoms with E-state index in [2.05, 4.69) is 29.2 Å². The first-order chi connectivity index (χ1) is 13.0. The third-order valence-corrected chi connectivity index (χ3v) is 5.43. The molecule has 3 rings (SSSR count). The van der Waals surface area contributed by atoms with Crippen LogP contribution >= 0.6 is 11.6 Å². The van der Waals surface area contributed by atoms with Gasteiger partial charge in [0.05, 0.1) is 5.02 Å². The van der Waals surface area contributed by atoms with Gasteiger partial charge in [0, 0.05) is 25.2 Å². The summed E-state index contributed by atoms with van der Waals surface area (Å²) in [6, 6.07) is 7.34. The van der Waals surface area contributed by atoms with Gasteiger partial charge >= 0.3 is 0 Å². The van der Waals surface area contributed by atoms with Crippen LogP contribution in [0.2, 0.25) is 5.02 Å². The van der Waals surface area contributed by atoms with Gasteiger partial charge < -0.3 is 14.7 Å². The van der Waals surface area contributed by atoms with Crippen LogP contribution in [0, 0.1) is 18.8 Å². The summed E-state index contributed by atoms with van der Waals surface area (Å²) in [4.78, 5) is 15.2. The van der Waals surface area contributed by atoms with Gasteiger partial charge in [-0.05, 0) is 44.2 Å². The summed E-state index contributed by atoms with van der Waals surface area (Å²) in [5, 5.41) is 7.62. The Morgan fingerprint density at radius 3 is 2.70 bits per heavy atom. The zero-order valence-corrected chi connectivity index (χ0v) is 17.1. The van der Waals surface area contributed by atoms with Gasteiger partial charge in [0.15, 0.2) is 0 Å². The Bertz CT molecular complexity index is 779. The quantitative estimate of drug-likeness (QED) is 0.744. The normalized spacial score (nSPS) is 20.6. The summed E-state index contributed by atoms with van der Waals surface area (Å²) < 4.78 is 5.27. The molecule has 1 aliphatic heterocycles. The van der Waals surface area contributed by atoms with Gasteiger partial charge in [0.1, 0.15) is 17.0 Å². The molecule has 5 nitrogen and oxygen atoms in total. The van der Waals surface area contributed by atoms with Crippen molar-refractivity contribution in [1.82, 2.24) is 15.4 Å². The van der Waals surface area contributed by atoms with Crippen molar-refractivity contribution in [2.24, 2.45) is 11.8 Å². The van der Waals surface area contributed by atoms with Crippen molar-refractivity contribution < 1.29 is 9.32 Å². The summed E-state index contributed by atoms with van der Waals surface area (Å²) in [6.07, 6.45) is 2.24. The fraction of sp³-hybridized carbons (Fsp3) is 0.524. The highest BCUT2D eigenvalue weighted by atomic mass is 35.5. The van der Waals surface area contributed by atoms with Crippen molar-refractivity contribution in [3.63, 3.8) is 0 Å². The van der Waals surface area contributed by atoms with E-state index in [9.17, 15) is 4.79 Å². The van der Waals surface area contributed by atoms with E-state index < -0.39 is 0 Å². The molecule has 1 fully saturated rings. The lowest BCUT2D eigenvalue weighted by atomic mass is 9.92. The summed E-state index contributed by atoms with van der Waals surface area (Å²) in [6.45, 7) is 10.3. The molecule has 0 aliphatic carbocycles. The van der Waals surface area contributed by atoms with Crippen molar-refractivity contribution in [3.05, 3.63) is 40.6 Å². The molecular weight excluding hydrogens is 362 g/mol. The molecule has 0 radical (unpaired) electrons. The van der Waals surface area contributed by atoms with Gasteiger partial charge in [0.25, 0.3) is 5.91 Å². The molecule has 1 amide bonds. The van der Waals surface area contributed by atoms with E-state index in [1.807, 2.05) is 18.2 Å². The van der Waals surface area contributed by atoms with Gasteiger partial charge in [-0.1, -0.05) is 48.8 Å². The number of likely N-dealkylation sites (tertiary alicyclic amines) is 1. The number of nitrogens with zero attached hydrogens (tertiary/aromatic N) is 2. The second-order valence-electron chi connectivity index (χ2n) is 7.76. The number of hydrogen-bond acceptors (Lipinski definition) is 4. The van der Waals surface area contributed by atoms with E-state index in [1.165, 1.54) is 6.42 Å². The largest absolute Gasteiger partial charge is 0.360 e. The molecule has 2 unspecified atom stereocenters. The highest BCUT2D eigenvalue weighted by Gasteiger charge is 2.23. The zero-order chi connectivity index (χ0) is 19.4. The van der Waals surface area contributed by atoms with Gasteiger partial charge in [-0.25, -0.2) is 0 Å². The SMILES string of the molecule is Cc1onc(-c2ccccc2Cl)c1C(=O)NCCCN1CC(C)CC(C)C1. The fourth-order valence-electron chi connectivity index (χ4n) is 4.04. The molecule has 146 valence electrons. The molecular formula is C21H28ClN3O2. The number of aromatic nitrogens is 1. The van der Waals surface area contributed by atoms with Crippen LogP contribution in [0.5, 0.6) is 0 Å². The van der Waals surface area contributed by atoms with E-state index in [1.54, 1.807) is 13.0 Å². The number of piperidine rings is 1. The van der Waals surface area contributed by atoms with Crippen LogP contribution in [0.25, 0.3) is 11.3 Å². The predicted octanol–water partition coefficient (Wildman–Crippen LogP) is 4.40. The zero-order valence-electron chi connectivity index (χ0n) is 16.3. The maximum absolute atomic E-state index is 12.7. The Morgan fingerprint density at radius 1 is 1.30 bits per heavy atom. The monoisotopic (exact) mass is 389 g/mol. The summed E-state index contributed by atoms with van der Waals surface area (Å²) in [7, 11) is 0. The van der Waals surface area contributed by atoms with E-state index in [0.717, 1.165) is 37.9 Å². The Morgan fingerprint density at radius 2 is 2.00 bits per heavy atom. The van der Waals surface area contributed by atoms with Crippen molar-refractivity contribution in [1.29, 1.82) is 0 Å². The lowest BCUT2D eigenvalue weighted by molar-refractivity contribution is 0.0946. The molecule has 1 aromatic carbocycles. The first-order valence-electron chi connectivity index (χ1n) is 9.67. The topological polar surface area (TPSA) is 58.4 Å². The Labute approximate surface area is 166 Å². The average Bonchev–Trinajstić information content (AvgIpc) is 2.99. The van der Waals surface area contributed by atoms with Crippen LogP contribution < -0.4 is 5.32 Å². The fourth-order valence-corrected chi connectivity index (χ4v) is 4.27. The molecule has 2 heterocycles. The number of hydrogen-bond donors (Lipinski definition) is 1. The van der Waals surface area contributed by atoms with Crippen LogP contribution in [-0.4, -0.2) is 42.1 Å². The molecule has 2 aromatic rings. The highest BCUT2D eigenvalue weighted by molar-refractivity contribution is 6.33. The number of benzene rings is 1. The molecule has 1 aliphatic rings. The molecule has 1 saturated heterocycles. The van der Waals surface area contributed by atoms with Crippen LogP contribution in [0.4, 0.5) is 0 Å². The maximum atomic E-state index is 12.7. The Balaban J connectivity index is 1.58. The van der Waals surface area contributed by atoms with Crippen molar-refractivity contribution in [2.75, 3.05) is 26.2 Å². The molecule has 0 saturated carbocycles. The summed E-state index contributed by atoms with van der Waals surface area (Å²) >= 11 is 6.26. The summed E-state index contributed by atoms with van der Waals surface area (Å²) in [5.74, 6) is 1.84. The minimum absolute atomic E-state index is 0.163. The van der Waals surface area contributed by atoms with Crippen molar-refractivity contribution in [3.8, 4) is 11.3 Å². The number of amides is 1. The van der Waals surface area contributed by atoms with Crippen LogP contribution in [-0.2, 0) is 0 Å². The lowest BCUT2D eigenvalue weighted by Gasteiger charge is -2.34. The van der Waals surface area contributed by atoms with Crippen molar-refractivity contribution >= 4 is 17.5 Å². The molecule has 0 bridgehead atoms. The lowest BCUT2D eigenvalue weighted by Crippen LogP contribution is -2.40. The smallest absolute Gasteiger partial charge is 0.257 e. The maximum Gasteiger partial charge on any atom is 0.257 e. The van der Waals surface area contributed by atoms with Gasteiger partial charge in [-0.3, -0.25) is 4.79 Å². The van der Waals surface area contributed by atoms with Crippen LogP contribution in [0.1, 0.15) is 42.8 Å². The second-order valence-corrected chi connectivity index (χ2v) is 8.16. The van der Waals surface area contributed by atoms with Crippen LogP contribution in [0.3, 0.4) is 0 Å². The molecule has 0 spiro atoms. The average molecular weight is 390 g/mol. The van der Waals surface area contributed by atoms with E-state index in [0.29, 0.717) is 34.1 Å². The first kappa shape index (κ1) is 19.9. The molecule has 1 N–H and O–H groups in total. The minimum atomic E-state index is -0.163. The van der Waals surface area contributed by atoms with Gasteiger partial charge in [0.2, 0.25) is 0 Å². The van der Waals surface area contributed by atoms with Crippen molar-refractivity contribution in [2.45, 2.75) is 33.6 Å². The number of carbonyl (C=O) groups is 1. The Hall–Kier alpha value is -1.85. The minimum Gasteiger partial charge on any atom is -0.360 e. The van der Waals surface area contributed by atoms with E-state index in [-0.39, 0.29) is 5.91 Å².